The molecular formula is C20H12BrFN2O3. The van der Waals surface area contributed by atoms with Crippen LogP contribution >= 0.6 is 15.9 Å². The van der Waals surface area contributed by atoms with Crippen molar-refractivity contribution in [2.45, 2.75) is 0 Å². The molecule has 1 heterocycles. The topological polar surface area (TPSA) is 75.4 Å². The molecule has 0 aliphatic rings. The number of phenols is 1. The van der Waals surface area contributed by atoms with Gasteiger partial charge in [0.2, 0.25) is 5.89 Å². The lowest BCUT2D eigenvalue weighted by molar-refractivity contribution is 0.102. The minimum absolute atomic E-state index is 0.126. The SMILES string of the molecule is O=C(Nc1ccc2oc(-c3ccc(O)c(Br)c3)nc2c1)c1ccc(F)cc1. The Kier molecular flexibility index (Phi) is 4.37. The quantitative estimate of drug-likeness (QED) is 0.462. The summed E-state index contributed by atoms with van der Waals surface area (Å²) in [5.74, 6) is -0.224. The van der Waals surface area contributed by atoms with Crippen LogP contribution in [0.1, 0.15) is 10.4 Å². The van der Waals surface area contributed by atoms with E-state index >= 15 is 0 Å². The monoisotopic (exact) mass is 426 g/mol. The molecule has 4 aromatic rings. The van der Waals surface area contributed by atoms with Crippen LogP contribution < -0.4 is 5.32 Å². The Morgan fingerprint density at radius 3 is 2.59 bits per heavy atom. The molecule has 3 aromatic carbocycles. The zero-order chi connectivity index (χ0) is 19.0. The molecule has 7 heteroatoms. The average Bonchev–Trinajstić information content (AvgIpc) is 3.08. The van der Waals surface area contributed by atoms with Gasteiger partial charge < -0.3 is 14.8 Å². The summed E-state index contributed by atoms with van der Waals surface area (Å²) in [6.45, 7) is 0. The first-order valence-electron chi connectivity index (χ1n) is 7.96. The molecule has 0 aliphatic carbocycles. The highest BCUT2D eigenvalue weighted by Gasteiger charge is 2.12. The molecule has 0 spiro atoms. The standard InChI is InChI=1S/C20H12BrFN2O3/c21-15-9-12(3-7-17(15)25)20-24-16-10-14(6-8-18(16)27-20)23-19(26)11-1-4-13(22)5-2-11/h1-10,25H,(H,23,26). The minimum atomic E-state index is -0.399. The molecule has 0 radical (unpaired) electrons. The summed E-state index contributed by atoms with van der Waals surface area (Å²) < 4.78 is 19.2. The Morgan fingerprint density at radius 2 is 1.85 bits per heavy atom. The van der Waals surface area contributed by atoms with Crippen LogP contribution in [0, 0.1) is 5.82 Å². The predicted octanol–water partition coefficient (Wildman–Crippen LogP) is 5.35. The zero-order valence-corrected chi connectivity index (χ0v) is 15.3. The molecule has 0 fully saturated rings. The molecule has 134 valence electrons. The van der Waals surface area contributed by atoms with Crippen LogP contribution in [0.5, 0.6) is 5.75 Å². The molecule has 0 unspecified atom stereocenters. The maximum absolute atomic E-state index is 13.0. The normalized spacial score (nSPS) is 10.9. The van der Waals surface area contributed by atoms with Crippen LogP contribution in [0.2, 0.25) is 0 Å². The van der Waals surface area contributed by atoms with E-state index in [0.717, 1.165) is 0 Å². The molecule has 27 heavy (non-hydrogen) atoms. The second-order valence-electron chi connectivity index (χ2n) is 5.83. The number of hydrogen-bond acceptors (Lipinski definition) is 4. The van der Waals surface area contributed by atoms with Crippen molar-refractivity contribution in [2.75, 3.05) is 5.32 Å². The Hall–Kier alpha value is -3.19. The average molecular weight is 427 g/mol. The summed E-state index contributed by atoms with van der Waals surface area (Å²) in [4.78, 5) is 16.7. The summed E-state index contributed by atoms with van der Waals surface area (Å²) in [5, 5.41) is 12.4. The first-order valence-corrected chi connectivity index (χ1v) is 8.75. The second-order valence-corrected chi connectivity index (χ2v) is 6.68. The van der Waals surface area contributed by atoms with Gasteiger partial charge in [-0.25, -0.2) is 9.37 Å². The third kappa shape index (κ3) is 3.54. The van der Waals surface area contributed by atoms with Gasteiger partial charge in [0.15, 0.2) is 5.58 Å². The number of halogens is 2. The highest BCUT2D eigenvalue weighted by molar-refractivity contribution is 9.10. The van der Waals surface area contributed by atoms with Gasteiger partial charge in [-0.3, -0.25) is 4.79 Å². The van der Waals surface area contributed by atoms with Gasteiger partial charge in [0, 0.05) is 16.8 Å². The van der Waals surface area contributed by atoms with Gasteiger partial charge in [0.05, 0.1) is 4.47 Å². The van der Waals surface area contributed by atoms with Crippen LogP contribution in [-0.4, -0.2) is 16.0 Å². The van der Waals surface area contributed by atoms with E-state index in [1.165, 1.54) is 24.3 Å². The zero-order valence-electron chi connectivity index (χ0n) is 13.7. The summed E-state index contributed by atoms with van der Waals surface area (Å²) in [7, 11) is 0. The third-order valence-corrected chi connectivity index (χ3v) is 4.58. The van der Waals surface area contributed by atoms with E-state index in [1.807, 2.05) is 0 Å². The lowest BCUT2D eigenvalue weighted by atomic mass is 10.2. The number of carbonyl (C=O) groups excluding carboxylic acids is 1. The van der Waals surface area contributed by atoms with Crippen molar-refractivity contribution in [3.05, 3.63) is 76.5 Å². The number of rotatable bonds is 3. The third-order valence-electron chi connectivity index (χ3n) is 3.95. The molecule has 1 amide bonds. The van der Waals surface area contributed by atoms with Gasteiger partial charge in [-0.15, -0.1) is 0 Å². The molecule has 0 saturated heterocycles. The number of oxazole rings is 1. The molecule has 0 bridgehead atoms. The van der Waals surface area contributed by atoms with E-state index < -0.39 is 5.82 Å². The Labute approximate surface area is 161 Å². The van der Waals surface area contributed by atoms with Crippen LogP contribution in [-0.2, 0) is 0 Å². The first kappa shape index (κ1) is 17.2. The van der Waals surface area contributed by atoms with Gasteiger partial charge in [-0.05, 0) is 76.6 Å². The fraction of sp³-hybridized carbons (Fsp3) is 0. The second kappa shape index (κ2) is 6.85. The van der Waals surface area contributed by atoms with Crippen molar-refractivity contribution in [1.29, 1.82) is 0 Å². The lowest BCUT2D eigenvalue weighted by Gasteiger charge is -2.04. The van der Waals surface area contributed by atoms with Crippen LogP contribution in [0.25, 0.3) is 22.6 Å². The Balaban J connectivity index is 1.61. The van der Waals surface area contributed by atoms with E-state index in [1.54, 1.807) is 36.4 Å². The predicted molar refractivity (Wildman–Crippen MR) is 103 cm³/mol. The van der Waals surface area contributed by atoms with Crippen molar-refractivity contribution in [3.8, 4) is 17.2 Å². The molecule has 0 aliphatic heterocycles. The maximum Gasteiger partial charge on any atom is 0.255 e. The van der Waals surface area contributed by atoms with Crippen molar-refractivity contribution in [2.24, 2.45) is 0 Å². The highest BCUT2D eigenvalue weighted by Crippen LogP contribution is 2.31. The summed E-state index contributed by atoms with van der Waals surface area (Å²) >= 11 is 3.26. The minimum Gasteiger partial charge on any atom is -0.507 e. The molecule has 4 rings (SSSR count). The van der Waals surface area contributed by atoms with E-state index in [2.05, 4.69) is 26.2 Å². The van der Waals surface area contributed by atoms with Gasteiger partial charge in [0.1, 0.15) is 17.1 Å². The molecule has 1 aromatic heterocycles. The number of aromatic nitrogens is 1. The van der Waals surface area contributed by atoms with Crippen molar-refractivity contribution in [3.63, 3.8) is 0 Å². The summed E-state index contributed by atoms with van der Waals surface area (Å²) in [6, 6.07) is 15.4. The maximum atomic E-state index is 13.0. The van der Waals surface area contributed by atoms with Gasteiger partial charge in [0.25, 0.3) is 5.91 Å². The molecule has 5 nitrogen and oxygen atoms in total. The summed E-state index contributed by atoms with van der Waals surface area (Å²) in [6.07, 6.45) is 0. The number of nitrogens with one attached hydrogen (secondary N) is 1. The lowest BCUT2D eigenvalue weighted by Crippen LogP contribution is -2.11. The van der Waals surface area contributed by atoms with Gasteiger partial charge in [-0.1, -0.05) is 0 Å². The Morgan fingerprint density at radius 1 is 1.07 bits per heavy atom. The number of carbonyl (C=O) groups is 1. The van der Waals surface area contributed by atoms with Gasteiger partial charge >= 0.3 is 0 Å². The number of hydrogen-bond donors (Lipinski definition) is 2. The first-order chi connectivity index (χ1) is 13.0. The molecular weight excluding hydrogens is 415 g/mol. The van der Waals surface area contributed by atoms with Crippen LogP contribution in [0.15, 0.2) is 69.6 Å². The number of amides is 1. The summed E-state index contributed by atoms with van der Waals surface area (Å²) in [5.41, 5.74) is 2.74. The number of aromatic hydroxyl groups is 1. The van der Waals surface area contributed by atoms with E-state index in [4.69, 9.17) is 4.42 Å². The number of benzene rings is 3. The van der Waals surface area contributed by atoms with Crippen molar-refractivity contribution < 1.29 is 18.7 Å². The van der Waals surface area contributed by atoms with E-state index in [9.17, 15) is 14.3 Å². The molecule has 0 atom stereocenters. The fourth-order valence-corrected chi connectivity index (χ4v) is 2.95. The number of anilines is 1. The fourth-order valence-electron chi connectivity index (χ4n) is 2.57. The van der Waals surface area contributed by atoms with E-state index in [0.29, 0.717) is 38.3 Å². The van der Waals surface area contributed by atoms with Crippen molar-refractivity contribution in [1.82, 2.24) is 4.98 Å². The molecule has 0 saturated carbocycles. The van der Waals surface area contributed by atoms with Gasteiger partial charge in [-0.2, -0.15) is 0 Å². The highest BCUT2D eigenvalue weighted by atomic mass is 79.9. The number of phenolic OH excluding ortho intramolecular Hbond substituents is 1. The smallest absolute Gasteiger partial charge is 0.255 e. The van der Waals surface area contributed by atoms with Crippen LogP contribution in [0.4, 0.5) is 10.1 Å². The van der Waals surface area contributed by atoms with E-state index in [-0.39, 0.29) is 11.7 Å². The van der Waals surface area contributed by atoms with Crippen molar-refractivity contribution >= 4 is 38.6 Å². The Bertz CT molecular complexity index is 1160. The number of nitrogens with zero attached hydrogens (tertiary/aromatic N) is 1. The largest absolute Gasteiger partial charge is 0.507 e. The number of fused-ring (bicyclic) bond motifs is 1. The molecule has 2 N–H and O–H groups in total. The van der Waals surface area contributed by atoms with Crippen LogP contribution in [0.3, 0.4) is 0 Å².